The molecule has 0 fully saturated rings. The molecule has 0 aromatic heterocycles. The average molecular weight is 268 g/mol. The summed E-state index contributed by atoms with van der Waals surface area (Å²) in [5, 5.41) is 0. The van der Waals surface area contributed by atoms with E-state index in [9.17, 15) is 14.4 Å². The molecule has 2 atom stereocenters. The highest BCUT2D eigenvalue weighted by atomic mass is 16.6. The van der Waals surface area contributed by atoms with Gasteiger partial charge in [0.25, 0.3) is 0 Å². The molecule has 0 aromatic carbocycles. The highest BCUT2D eigenvalue weighted by Gasteiger charge is 2.48. The van der Waals surface area contributed by atoms with Crippen LogP contribution in [0.2, 0.25) is 0 Å². The van der Waals surface area contributed by atoms with Crippen molar-refractivity contribution in [3.63, 3.8) is 0 Å². The minimum absolute atomic E-state index is 0.130. The molecule has 1 unspecified atom stereocenters. The van der Waals surface area contributed by atoms with Gasteiger partial charge in [0.05, 0.1) is 19.4 Å². The summed E-state index contributed by atoms with van der Waals surface area (Å²) < 4.78 is 10.5. The zero-order valence-electron chi connectivity index (χ0n) is 12.0. The Kier molecular flexibility index (Phi) is 4.50. The lowest BCUT2D eigenvalue weighted by Crippen LogP contribution is -2.48. The molecule has 106 valence electrons. The van der Waals surface area contributed by atoms with Gasteiger partial charge in [0.2, 0.25) is 5.60 Å². The van der Waals surface area contributed by atoms with Gasteiger partial charge in [-0.3, -0.25) is 14.4 Å². The first-order valence-electron chi connectivity index (χ1n) is 6.32. The van der Waals surface area contributed by atoms with Crippen molar-refractivity contribution in [2.75, 3.05) is 7.11 Å². The summed E-state index contributed by atoms with van der Waals surface area (Å²) in [5.41, 5.74) is -1.16. The largest absolute Gasteiger partial charge is 0.496 e. The maximum atomic E-state index is 12.1. The van der Waals surface area contributed by atoms with Gasteiger partial charge < -0.3 is 9.47 Å². The van der Waals surface area contributed by atoms with Crippen LogP contribution in [0.1, 0.15) is 40.5 Å². The smallest absolute Gasteiger partial charge is 0.310 e. The zero-order valence-corrected chi connectivity index (χ0v) is 12.0. The first-order valence-corrected chi connectivity index (χ1v) is 6.32. The van der Waals surface area contributed by atoms with E-state index in [0.717, 1.165) is 0 Å². The second kappa shape index (κ2) is 5.55. The van der Waals surface area contributed by atoms with Crippen molar-refractivity contribution in [2.45, 2.75) is 46.1 Å². The van der Waals surface area contributed by atoms with Gasteiger partial charge in [-0.05, 0) is 20.3 Å². The van der Waals surface area contributed by atoms with E-state index >= 15 is 0 Å². The van der Waals surface area contributed by atoms with E-state index in [-0.39, 0.29) is 23.9 Å². The maximum Gasteiger partial charge on any atom is 0.310 e. The van der Waals surface area contributed by atoms with Crippen molar-refractivity contribution in [3.05, 3.63) is 11.3 Å². The van der Waals surface area contributed by atoms with E-state index in [0.29, 0.717) is 12.0 Å². The molecule has 0 radical (unpaired) electrons. The molecule has 1 aliphatic carbocycles. The third-order valence-electron chi connectivity index (χ3n) is 3.57. The minimum atomic E-state index is -1.49. The number of hydrogen-bond acceptors (Lipinski definition) is 5. The molecule has 0 amide bonds. The van der Waals surface area contributed by atoms with E-state index in [4.69, 9.17) is 9.47 Å². The van der Waals surface area contributed by atoms with Gasteiger partial charge in [0.15, 0.2) is 17.3 Å². The summed E-state index contributed by atoms with van der Waals surface area (Å²) in [4.78, 5) is 35.6. The standard InChI is InChI=1S/C14H20O5/c1-6-8(2)13(17)19-14(4)11(16)7-10(15)9(3)12(14)18-5/h8H,6-7H2,1-5H3/t8?,14-/m1/s1. The Balaban J connectivity index is 3.16. The lowest BCUT2D eigenvalue weighted by molar-refractivity contribution is -0.170. The Morgan fingerprint density at radius 1 is 1.42 bits per heavy atom. The van der Waals surface area contributed by atoms with Gasteiger partial charge in [-0.25, -0.2) is 0 Å². The Labute approximate surface area is 112 Å². The predicted molar refractivity (Wildman–Crippen MR) is 68.3 cm³/mol. The van der Waals surface area contributed by atoms with Crippen LogP contribution in [0.3, 0.4) is 0 Å². The van der Waals surface area contributed by atoms with Crippen LogP contribution in [-0.2, 0) is 23.9 Å². The van der Waals surface area contributed by atoms with Crippen LogP contribution in [0.4, 0.5) is 0 Å². The highest BCUT2D eigenvalue weighted by Crippen LogP contribution is 2.33. The molecule has 1 rings (SSSR count). The fourth-order valence-electron chi connectivity index (χ4n) is 1.98. The molecular weight excluding hydrogens is 248 g/mol. The van der Waals surface area contributed by atoms with Gasteiger partial charge in [-0.2, -0.15) is 0 Å². The quantitative estimate of drug-likeness (QED) is 0.574. The highest BCUT2D eigenvalue weighted by molar-refractivity contribution is 6.15. The van der Waals surface area contributed by atoms with Gasteiger partial charge in [0.1, 0.15) is 0 Å². The molecule has 0 aromatic rings. The van der Waals surface area contributed by atoms with Crippen LogP contribution in [0.25, 0.3) is 0 Å². The van der Waals surface area contributed by atoms with Crippen LogP contribution in [0.5, 0.6) is 0 Å². The summed E-state index contributed by atoms with van der Waals surface area (Å²) >= 11 is 0. The van der Waals surface area contributed by atoms with Gasteiger partial charge in [-0.1, -0.05) is 13.8 Å². The number of ketones is 2. The second-order valence-corrected chi connectivity index (χ2v) is 4.95. The summed E-state index contributed by atoms with van der Waals surface area (Å²) in [6, 6.07) is 0. The Hall–Kier alpha value is -1.65. The molecule has 5 nitrogen and oxygen atoms in total. The summed E-state index contributed by atoms with van der Waals surface area (Å²) in [6.45, 7) is 6.64. The predicted octanol–water partition coefficient (Wildman–Crippen LogP) is 1.80. The lowest BCUT2D eigenvalue weighted by Gasteiger charge is -2.34. The summed E-state index contributed by atoms with van der Waals surface area (Å²) in [6.07, 6.45) is 0.357. The zero-order chi connectivity index (χ0) is 14.8. The van der Waals surface area contributed by atoms with E-state index in [1.54, 1.807) is 13.8 Å². The summed E-state index contributed by atoms with van der Waals surface area (Å²) in [5.74, 6) is -1.38. The number of allylic oxidation sites excluding steroid dienone is 1. The lowest BCUT2D eigenvalue weighted by atomic mass is 9.84. The molecule has 0 N–H and O–H groups in total. The number of carbonyl (C=O) groups excluding carboxylic acids is 3. The van der Waals surface area contributed by atoms with Crippen molar-refractivity contribution in [2.24, 2.45) is 5.92 Å². The molecule has 0 saturated carbocycles. The normalized spacial score (nSPS) is 25.3. The van der Waals surface area contributed by atoms with Crippen LogP contribution in [-0.4, -0.2) is 30.2 Å². The Morgan fingerprint density at radius 3 is 2.47 bits per heavy atom. The number of hydrogen-bond donors (Lipinski definition) is 0. The topological polar surface area (TPSA) is 69.7 Å². The Morgan fingerprint density at radius 2 is 2.00 bits per heavy atom. The molecule has 19 heavy (non-hydrogen) atoms. The van der Waals surface area contributed by atoms with Crippen molar-refractivity contribution in [1.82, 2.24) is 0 Å². The van der Waals surface area contributed by atoms with Crippen LogP contribution < -0.4 is 0 Å². The SMILES string of the molecule is CCC(C)C(=O)O[C@]1(C)C(=O)CC(=O)C(C)=C1OC. The van der Waals surface area contributed by atoms with Crippen LogP contribution in [0.15, 0.2) is 11.3 Å². The first-order chi connectivity index (χ1) is 8.77. The number of rotatable bonds is 4. The minimum Gasteiger partial charge on any atom is -0.496 e. The first kappa shape index (κ1) is 15.4. The summed E-state index contributed by atoms with van der Waals surface area (Å²) in [7, 11) is 1.36. The number of carbonyl (C=O) groups is 3. The van der Waals surface area contributed by atoms with Crippen molar-refractivity contribution in [1.29, 1.82) is 0 Å². The molecule has 1 aliphatic rings. The molecule has 0 heterocycles. The van der Waals surface area contributed by atoms with E-state index in [1.165, 1.54) is 14.0 Å². The van der Waals surface area contributed by atoms with Gasteiger partial charge in [-0.15, -0.1) is 0 Å². The Bertz CT molecular complexity index is 449. The van der Waals surface area contributed by atoms with E-state index in [2.05, 4.69) is 0 Å². The number of Topliss-reactive ketones (excluding diaryl/α,β-unsaturated/α-hetero) is 2. The third kappa shape index (κ3) is 2.69. The van der Waals surface area contributed by atoms with Crippen molar-refractivity contribution >= 4 is 17.5 Å². The molecule has 0 saturated heterocycles. The second-order valence-electron chi connectivity index (χ2n) is 4.95. The molecule has 0 aliphatic heterocycles. The molecule has 5 heteroatoms. The van der Waals surface area contributed by atoms with Gasteiger partial charge in [0, 0.05) is 5.57 Å². The average Bonchev–Trinajstić information content (AvgIpc) is 2.36. The van der Waals surface area contributed by atoms with Crippen molar-refractivity contribution in [3.8, 4) is 0 Å². The molecular formula is C14H20O5. The van der Waals surface area contributed by atoms with E-state index in [1.807, 2.05) is 6.92 Å². The number of methoxy groups -OCH3 is 1. The molecule has 0 bridgehead atoms. The fraction of sp³-hybridized carbons (Fsp3) is 0.643. The monoisotopic (exact) mass is 268 g/mol. The maximum absolute atomic E-state index is 12.1. The van der Waals surface area contributed by atoms with Crippen molar-refractivity contribution < 1.29 is 23.9 Å². The van der Waals surface area contributed by atoms with E-state index < -0.39 is 17.4 Å². The number of ether oxygens (including phenoxy) is 2. The molecule has 0 spiro atoms. The third-order valence-corrected chi connectivity index (χ3v) is 3.57. The van der Waals surface area contributed by atoms with Crippen LogP contribution in [0, 0.1) is 5.92 Å². The number of esters is 1. The van der Waals surface area contributed by atoms with Gasteiger partial charge >= 0.3 is 5.97 Å². The fourth-order valence-corrected chi connectivity index (χ4v) is 1.98. The van der Waals surface area contributed by atoms with Crippen LogP contribution >= 0.6 is 0 Å².